The molecule has 96 valence electrons. The second-order valence-electron chi connectivity index (χ2n) is 4.31. The molecule has 0 aromatic heterocycles. The highest BCUT2D eigenvalue weighted by Crippen LogP contribution is 2.22. The predicted octanol–water partition coefficient (Wildman–Crippen LogP) is 0.253. The minimum absolute atomic E-state index is 0.245. The Balaban J connectivity index is 2.05. The SMILES string of the molecule is CNCC(O)CCN1C(=O)c2ccccc2C1=O. The molecule has 0 radical (unpaired) electrons. The van der Waals surface area contributed by atoms with E-state index in [0.717, 1.165) is 0 Å². The molecule has 1 aliphatic rings. The van der Waals surface area contributed by atoms with Gasteiger partial charge in [-0.2, -0.15) is 0 Å². The normalized spacial score (nSPS) is 16.0. The van der Waals surface area contributed by atoms with E-state index < -0.39 is 6.10 Å². The number of rotatable bonds is 5. The number of imide groups is 1. The van der Waals surface area contributed by atoms with Crippen molar-refractivity contribution in [3.8, 4) is 0 Å². The molecule has 5 nitrogen and oxygen atoms in total. The average Bonchev–Trinajstić information content (AvgIpc) is 2.61. The molecule has 0 fully saturated rings. The Kier molecular flexibility index (Phi) is 3.74. The Morgan fingerprint density at radius 2 is 1.78 bits per heavy atom. The van der Waals surface area contributed by atoms with Crippen LogP contribution in [-0.4, -0.2) is 48.1 Å². The van der Waals surface area contributed by atoms with Gasteiger partial charge >= 0.3 is 0 Å². The van der Waals surface area contributed by atoms with Crippen LogP contribution in [0.3, 0.4) is 0 Å². The van der Waals surface area contributed by atoms with Crippen LogP contribution in [0.1, 0.15) is 27.1 Å². The smallest absolute Gasteiger partial charge is 0.261 e. The molecular weight excluding hydrogens is 232 g/mol. The molecule has 0 saturated carbocycles. The van der Waals surface area contributed by atoms with Gasteiger partial charge < -0.3 is 10.4 Å². The molecule has 1 aromatic rings. The first-order valence-electron chi connectivity index (χ1n) is 5.93. The summed E-state index contributed by atoms with van der Waals surface area (Å²) in [5.74, 6) is -0.542. The average molecular weight is 248 g/mol. The minimum atomic E-state index is -0.556. The van der Waals surface area contributed by atoms with E-state index in [2.05, 4.69) is 5.32 Å². The first kappa shape index (κ1) is 12.7. The van der Waals surface area contributed by atoms with Crippen LogP contribution in [0.2, 0.25) is 0 Å². The third kappa shape index (κ3) is 2.27. The largest absolute Gasteiger partial charge is 0.392 e. The Hall–Kier alpha value is -1.72. The van der Waals surface area contributed by atoms with Crippen LogP contribution in [-0.2, 0) is 0 Å². The fraction of sp³-hybridized carbons (Fsp3) is 0.385. The van der Waals surface area contributed by atoms with E-state index in [1.165, 1.54) is 4.90 Å². The van der Waals surface area contributed by atoms with Crippen molar-refractivity contribution in [1.29, 1.82) is 0 Å². The highest BCUT2D eigenvalue weighted by Gasteiger charge is 2.34. The zero-order chi connectivity index (χ0) is 13.1. The summed E-state index contributed by atoms with van der Waals surface area (Å²) in [4.78, 5) is 25.2. The maximum absolute atomic E-state index is 12.0. The van der Waals surface area contributed by atoms with Gasteiger partial charge in [0.2, 0.25) is 0 Å². The maximum Gasteiger partial charge on any atom is 0.261 e. The molecule has 1 heterocycles. The molecule has 1 atom stereocenters. The van der Waals surface area contributed by atoms with Gasteiger partial charge in [-0.05, 0) is 25.6 Å². The van der Waals surface area contributed by atoms with Gasteiger partial charge in [0.1, 0.15) is 0 Å². The van der Waals surface area contributed by atoms with Crippen molar-refractivity contribution in [3.05, 3.63) is 35.4 Å². The standard InChI is InChI=1S/C13H16N2O3/c1-14-8-9(16)6-7-15-12(17)10-4-2-3-5-11(10)13(15)18/h2-5,9,14,16H,6-8H2,1H3. The lowest BCUT2D eigenvalue weighted by atomic mass is 10.1. The number of carbonyl (C=O) groups is 2. The van der Waals surface area contributed by atoms with Crippen LogP contribution < -0.4 is 5.32 Å². The highest BCUT2D eigenvalue weighted by atomic mass is 16.3. The molecule has 2 amide bonds. The van der Waals surface area contributed by atoms with Crippen LogP contribution in [0, 0.1) is 0 Å². The van der Waals surface area contributed by atoms with Gasteiger partial charge in [-0.25, -0.2) is 0 Å². The van der Waals surface area contributed by atoms with E-state index in [4.69, 9.17) is 0 Å². The van der Waals surface area contributed by atoms with E-state index in [1.54, 1.807) is 31.3 Å². The first-order valence-corrected chi connectivity index (χ1v) is 5.93. The summed E-state index contributed by atoms with van der Waals surface area (Å²) in [6.45, 7) is 0.693. The summed E-state index contributed by atoms with van der Waals surface area (Å²) in [5, 5.41) is 12.4. The van der Waals surface area contributed by atoms with E-state index in [-0.39, 0.29) is 18.4 Å². The number of carbonyl (C=O) groups excluding carboxylic acids is 2. The molecule has 1 aliphatic heterocycles. The zero-order valence-corrected chi connectivity index (χ0v) is 10.2. The number of benzene rings is 1. The molecule has 18 heavy (non-hydrogen) atoms. The van der Waals surface area contributed by atoms with Gasteiger partial charge in [0.05, 0.1) is 17.2 Å². The van der Waals surface area contributed by atoms with Crippen LogP contribution in [0.4, 0.5) is 0 Å². The number of aliphatic hydroxyl groups excluding tert-OH is 1. The second-order valence-corrected chi connectivity index (χ2v) is 4.31. The van der Waals surface area contributed by atoms with Gasteiger partial charge in [0, 0.05) is 13.1 Å². The number of amides is 2. The van der Waals surface area contributed by atoms with Gasteiger partial charge in [-0.1, -0.05) is 12.1 Å². The summed E-state index contributed by atoms with van der Waals surface area (Å²) >= 11 is 0. The van der Waals surface area contributed by atoms with E-state index in [9.17, 15) is 14.7 Å². The molecular formula is C13H16N2O3. The molecule has 5 heteroatoms. The summed E-state index contributed by atoms with van der Waals surface area (Å²) in [6, 6.07) is 6.78. The van der Waals surface area contributed by atoms with Crippen molar-refractivity contribution >= 4 is 11.8 Å². The van der Waals surface area contributed by atoms with Crippen molar-refractivity contribution in [1.82, 2.24) is 10.2 Å². The summed E-state index contributed by atoms with van der Waals surface area (Å²) in [5.41, 5.74) is 0.899. The van der Waals surface area contributed by atoms with Crippen LogP contribution >= 0.6 is 0 Å². The van der Waals surface area contributed by atoms with E-state index >= 15 is 0 Å². The Bertz CT molecular complexity index is 438. The van der Waals surface area contributed by atoms with Crippen molar-refractivity contribution in [2.45, 2.75) is 12.5 Å². The molecule has 0 spiro atoms. The summed E-state index contributed by atoms with van der Waals surface area (Å²) in [6.07, 6.45) is -0.175. The number of nitrogens with one attached hydrogen (secondary N) is 1. The Morgan fingerprint density at radius 1 is 1.22 bits per heavy atom. The topological polar surface area (TPSA) is 69.6 Å². The van der Waals surface area contributed by atoms with Crippen molar-refractivity contribution in [3.63, 3.8) is 0 Å². The lowest BCUT2D eigenvalue weighted by molar-refractivity contribution is 0.0623. The molecule has 2 rings (SSSR count). The van der Waals surface area contributed by atoms with E-state index in [1.807, 2.05) is 0 Å². The summed E-state index contributed by atoms with van der Waals surface area (Å²) in [7, 11) is 1.74. The Labute approximate surface area is 105 Å². The minimum Gasteiger partial charge on any atom is -0.392 e. The summed E-state index contributed by atoms with van der Waals surface area (Å²) < 4.78 is 0. The van der Waals surface area contributed by atoms with Gasteiger partial charge in [-0.3, -0.25) is 14.5 Å². The van der Waals surface area contributed by atoms with Crippen molar-refractivity contribution < 1.29 is 14.7 Å². The predicted molar refractivity (Wildman–Crippen MR) is 66.4 cm³/mol. The lowest BCUT2D eigenvalue weighted by Crippen LogP contribution is -2.34. The monoisotopic (exact) mass is 248 g/mol. The molecule has 2 N–H and O–H groups in total. The zero-order valence-electron chi connectivity index (χ0n) is 10.2. The van der Waals surface area contributed by atoms with Gasteiger partial charge in [0.15, 0.2) is 0 Å². The highest BCUT2D eigenvalue weighted by molar-refractivity contribution is 6.21. The quantitative estimate of drug-likeness (QED) is 0.733. The number of fused-ring (bicyclic) bond motifs is 1. The van der Waals surface area contributed by atoms with Gasteiger partial charge in [0.25, 0.3) is 11.8 Å². The van der Waals surface area contributed by atoms with Gasteiger partial charge in [-0.15, -0.1) is 0 Å². The number of aliphatic hydroxyl groups is 1. The third-order valence-corrected chi connectivity index (χ3v) is 3.00. The number of likely N-dealkylation sites (N-methyl/N-ethyl adjacent to an activating group) is 1. The van der Waals surface area contributed by atoms with Crippen LogP contribution in [0.25, 0.3) is 0 Å². The Morgan fingerprint density at radius 3 is 2.28 bits per heavy atom. The fourth-order valence-corrected chi connectivity index (χ4v) is 2.06. The molecule has 0 aliphatic carbocycles. The lowest BCUT2D eigenvalue weighted by Gasteiger charge is -2.16. The fourth-order valence-electron chi connectivity index (χ4n) is 2.06. The van der Waals surface area contributed by atoms with Crippen LogP contribution in [0.15, 0.2) is 24.3 Å². The third-order valence-electron chi connectivity index (χ3n) is 3.00. The van der Waals surface area contributed by atoms with Crippen molar-refractivity contribution in [2.24, 2.45) is 0 Å². The molecule has 1 aromatic carbocycles. The molecule has 0 bridgehead atoms. The van der Waals surface area contributed by atoms with Crippen LogP contribution in [0.5, 0.6) is 0 Å². The van der Waals surface area contributed by atoms with Crippen molar-refractivity contribution in [2.75, 3.05) is 20.1 Å². The first-order chi connectivity index (χ1) is 8.65. The number of hydrogen-bond donors (Lipinski definition) is 2. The molecule has 0 saturated heterocycles. The second kappa shape index (κ2) is 5.29. The number of hydrogen-bond acceptors (Lipinski definition) is 4. The molecule has 1 unspecified atom stereocenters. The number of nitrogens with zero attached hydrogens (tertiary/aromatic N) is 1. The van der Waals surface area contributed by atoms with E-state index in [0.29, 0.717) is 24.1 Å². The maximum atomic E-state index is 12.0.